The van der Waals surface area contributed by atoms with Crippen molar-refractivity contribution in [1.29, 1.82) is 0 Å². The van der Waals surface area contributed by atoms with Gasteiger partial charge in [-0.25, -0.2) is 0 Å². The van der Waals surface area contributed by atoms with E-state index in [0.29, 0.717) is 6.04 Å². The van der Waals surface area contributed by atoms with Gasteiger partial charge in [0, 0.05) is 31.0 Å². The van der Waals surface area contributed by atoms with Gasteiger partial charge in [0.2, 0.25) is 0 Å². The van der Waals surface area contributed by atoms with Crippen LogP contribution in [0, 0.1) is 6.92 Å². The lowest BCUT2D eigenvalue weighted by Crippen LogP contribution is -2.37. The zero-order valence-electron chi connectivity index (χ0n) is 8.04. The third-order valence-corrected chi connectivity index (χ3v) is 2.75. The van der Waals surface area contributed by atoms with Gasteiger partial charge in [0.1, 0.15) is 0 Å². The molecule has 1 aliphatic rings. The molecule has 0 saturated carbocycles. The Kier molecular flexibility index (Phi) is 1.72. The van der Waals surface area contributed by atoms with Crippen LogP contribution in [0.5, 0.6) is 0 Å². The van der Waals surface area contributed by atoms with Crippen LogP contribution in [0.15, 0.2) is 12.3 Å². The van der Waals surface area contributed by atoms with Gasteiger partial charge in [0.05, 0.1) is 0 Å². The number of likely N-dealkylation sites (N-methyl/N-ethyl adjacent to an activating group) is 1. The van der Waals surface area contributed by atoms with Gasteiger partial charge in [-0.2, -0.15) is 0 Å². The Morgan fingerprint density at radius 3 is 3.00 bits per heavy atom. The Morgan fingerprint density at radius 1 is 1.50 bits per heavy atom. The summed E-state index contributed by atoms with van der Waals surface area (Å²) in [5.74, 6) is 0. The van der Waals surface area contributed by atoms with Gasteiger partial charge >= 0.3 is 0 Å². The summed E-state index contributed by atoms with van der Waals surface area (Å²) in [7, 11) is 2.19. The van der Waals surface area contributed by atoms with E-state index in [1.54, 1.807) is 0 Å². The summed E-state index contributed by atoms with van der Waals surface area (Å²) in [6, 6.07) is 2.95. The molecule has 2 heterocycles. The monoisotopic (exact) mass is 164 g/mol. The maximum absolute atomic E-state index is 2.40. The quantitative estimate of drug-likeness (QED) is 0.566. The maximum Gasteiger partial charge on any atom is 0.0387 e. The van der Waals surface area contributed by atoms with Crippen LogP contribution in [0.3, 0.4) is 0 Å². The molecule has 0 aromatic carbocycles. The molecule has 66 valence electrons. The fourth-order valence-corrected chi connectivity index (χ4v) is 1.85. The summed E-state index contributed by atoms with van der Waals surface area (Å²) >= 11 is 0. The number of hydrogen-bond donors (Lipinski definition) is 0. The van der Waals surface area contributed by atoms with Crippen molar-refractivity contribution in [2.45, 2.75) is 33.0 Å². The van der Waals surface area contributed by atoms with Gasteiger partial charge in [0.25, 0.3) is 0 Å². The van der Waals surface area contributed by atoms with Crippen molar-refractivity contribution < 1.29 is 0 Å². The number of hydrogen-bond acceptors (Lipinski definition) is 1. The lowest BCUT2D eigenvalue weighted by molar-refractivity contribution is 0.192. The molecule has 0 fully saturated rings. The third kappa shape index (κ3) is 1.16. The summed E-state index contributed by atoms with van der Waals surface area (Å²) in [6.07, 6.45) is 2.25. The Bertz CT molecular complexity index is 261. The Hall–Kier alpha value is -0.760. The Balaban J connectivity index is 2.33. The molecule has 0 N–H and O–H groups in total. The molecule has 12 heavy (non-hydrogen) atoms. The minimum absolute atomic E-state index is 0.671. The van der Waals surface area contributed by atoms with Crippen LogP contribution < -0.4 is 0 Å². The smallest absolute Gasteiger partial charge is 0.0387 e. The molecule has 0 spiro atoms. The second-order valence-corrected chi connectivity index (χ2v) is 3.93. The molecule has 1 aromatic heterocycles. The summed E-state index contributed by atoms with van der Waals surface area (Å²) in [4.78, 5) is 2.40. The fourth-order valence-electron chi connectivity index (χ4n) is 1.85. The van der Waals surface area contributed by atoms with Crippen molar-refractivity contribution in [1.82, 2.24) is 9.47 Å². The SMILES string of the molecule is Cc1cc2n(c1)C[C@H](C)N(C)C2. The van der Waals surface area contributed by atoms with Gasteiger partial charge in [-0.05, 0) is 32.5 Å². The van der Waals surface area contributed by atoms with Crippen molar-refractivity contribution in [2.24, 2.45) is 0 Å². The van der Waals surface area contributed by atoms with Crippen LogP contribution in [-0.2, 0) is 13.1 Å². The lowest BCUT2D eigenvalue weighted by Gasteiger charge is -2.31. The van der Waals surface area contributed by atoms with E-state index in [2.05, 4.69) is 42.6 Å². The molecule has 2 nitrogen and oxygen atoms in total. The van der Waals surface area contributed by atoms with Crippen LogP contribution in [-0.4, -0.2) is 22.6 Å². The molecule has 1 aromatic rings. The van der Waals surface area contributed by atoms with E-state index in [1.807, 2.05) is 0 Å². The van der Waals surface area contributed by atoms with Crippen LogP contribution in [0.2, 0.25) is 0 Å². The van der Waals surface area contributed by atoms with Crippen LogP contribution in [0.1, 0.15) is 18.2 Å². The molecule has 1 atom stereocenters. The summed E-state index contributed by atoms with van der Waals surface area (Å²) in [5, 5.41) is 0. The predicted octanol–water partition coefficient (Wildman–Crippen LogP) is 1.63. The summed E-state index contributed by atoms with van der Waals surface area (Å²) in [5.41, 5.74) is 2.83. The average Bonchev–Trinajstić information content (AvgIpc) is 2.30. The highest BCUT2D eigenvalue weighted by molar-refractivity contribution is 5.18. The number of rotatable bonds is 0. The topological polar surface area (TPSA) is 8.17 Å². The van der Waals surface area contributed by atoms with E-state index >= 15 is 0 Å². The highest BCUT2D eigenvalue weighted by Crippen LogP contribution is 2.17. The van der Waals surface area contributed by atoms with Gasteiger partial charge < -0.3 is 4.57 Å². The molecule has 0 radical (unpaired) electrons. The van der Waals surface area contributed by atoms with Gasteiger partial charge in [-0.3, -0.25) is 4.90 Å². The molecule has 0 saturated heterocycles. The standard InChI is InChI=1S/C10H16N2/c1-8-4-10-7-11(3)9(2)6-12(10)5-8/h4-5,9H,6-7H2,1-3H3/t9-/m0/s1. The number of nitrogens with zero attached hydrogens (tertiary/aromatic N) is 2. The molecular weight excluding hydrogens is 148 g/mol. The summed E-state index contributed by atoms with van der Waals surface area (Å²) in [6.45, 7) is 6.67. The largest absolute Gasteiger partial charge is 0.348 e. The van der Waals surface area contributed by atoms with E-state index in [1.165, 1.54) is 11.3 Å². The molecular formula is C10H16N2. The third-order valence-electron chi connectivity index (χ3n) is 2.75. The Labute approximate surface area is 73.8 Å². The minimum atomic E-state index is 0.671. The van der Waals surface area contributed by atoms with E-state index in [9.17, 15) is 0 Å². The molecule has 2 rings (SSSR count). The van der Waals surface area contributed by atoms with Crippen LogP contribution in [0.4, 0.5) is 0 Å². The Morgan fingerprint density at radius 2 is 2.25 bits per heavy atom. The first-order valence-corrected chi connectivity index (χ1v) is 4.52. The predicted molar refractivity (Wildman–Crippen MR) is 50.1 cm³/mol. The zero-order valence-corrected chi connectivity index (χ0v) is 8.04. The molecule has 0 amide bonds. The van der Waals surface area contributed by atoms with Crippen LogP contribution >= 0.6 is 0 Å². The van der Waals surface area contributed by atoms with E-state index in [-0.39, 0.29) is 0 Å². The second kappa shape index (κ2) is 2.63. The van der Waals surface area contributed by atoms with Crippen LogP contribution in [0.25, 0.3) is 0 Å². The lowest BCUT2D eigenvalue weighted by atomic mass is 10.2. The highest BCUT2D eigenvalue weighted by atomic mass is 15.2. The van der Waals surface area contributed by atoms with Crippen molar-refractivity contribution >= 4 is 0 Å². The molecule has 2 heteroatoms. The van der Waals surface area contributed by atoms with E-state index in [0.717, 1.165) is 13.1 Å². The molecule has 0 unspecified atom stereocenters. The van der Waals surface area contributed by atoms with E-state index in [4.69, 9.17) is 0 Å². The van der Waals surface area contributed by atoms with Crippen molar-refractivity contribution in [2.75, 3.05) is 7.05 Å². The molecule has 1 aliphatic heterocycles. The van der Waals surface area contributed by atoms with Crippen molar-refractivity contribution in [3.63, 3.8) is 0 Å². The first-order valence-electron chi connectivity index (χ1n) is 4.52. The minimum Gasteiger partial charge on any atom is -0.348 e. The molecule has 0 aliphatic carbocycles. The van der Waals surface area contributed by atoms with Gasteiger partial charge in [-0.15, -0.1) is 0 Å². The maximum atomic E-state index is 2.40. The number of aromatic nitrogens is 1. The average molecular weight is 164 g/mol. The van der Waals surface area contributed by atoms with E-state index < -0.39 is 0 Å². The van der Waals surface area contributed by atoms with Crippen molar-refractivity contribution in [3.8, 4) is 0 Å². The number of aryl methyl sites for hydroxylation is 1. The van der Waals surface area contributed by atoms with Gasteiger partial charge in [0.15, 0.2) is 0 Å². The normalized spacial score (nSPS) is 24.1. The fraction of sp³-hybridized carbons (Fsp3) is 0.600. The van der Waals surface area contributed by atoms with Crippen molar-refractivity contribution in [3.05, 3.63) is 23.5 Å². The molecule has 0 bridgehead atoms. The van der Waals surface area contributed by atoms with Gasteiger partial charge in [-0.1, -0.05) is 0 Å². The summed E-state index contributed by atoms with van der Waals surface area (Å²) < 4.78 is 2.38. The second-order valence-electron chi connectivity index (χ2n) is 3.93. The highest BCUT2D eigenvalue weighted by Gasteiger charge is 2.18. The first kappa shape index (κ1) is 7.87. The zero-order chi connectivity index (χ0) is 8.72. The first-order chi connectivity index (χ1) is 5.66. The number of fused-ring (bicyclic) bond motifs is 1.